The SMILES string of the molecule is Cc1cccc(C)c1OCCN1CCCC1CCCO. The number of benzene rings is 1. The van der Waals surface area contributed by atoms with Crippen LogP contribution in [0.25, 0.3) is 0 Å². The Bertz CT molecular complexity index is 399. The topological polar surface area (TPSA) is 32.7 Å². The predicted molar refractivity (Wildman–Crippen MR) is 82.3 cm³/mol. The number of aryl methyl sites for hydroxylation is 2. The maximum Gasteiger partial charge on any atom is 0.125 e. The van der Waals surface area contributed by atoms with Crippen molar-refractivity contribution in [1.29, 1.82) is 0 Å². The van der Waals surface area contributed by atoms with Gasteiger partial charge in [-0.2, -0.15) is 0 Å². The van der Waals surface area contributed by atoms with Gasteiger partial charge >= 0.3 is 0 Å². The van der Waals surface area contributed by atoms with Gasteiger partial charge in [0, 0.05) is 19.2 Å². The van der Waals surface area contributed by atoms with E-state index in [1.807, 2.05) is 0 Å². The second kappa shape index (κ2) is 7.65. The number of aliphatic hydroxyl groups excluding tert-OH is 1. The zero-order chi connectivity index (χ0) is 14.4. The molecule has 1 atom stereocenters. The smallest absolute Gasteiger partial charge is 0.125 e. The van der Waals surface area contributed by atoms with Crippen molar-refractivity contribution in [3.8, 4) is 5.75 Å². The average molecular weight is 277 g/mol. The average Bonchev–Trinajstić information content (AvgIpc) is 2.87. The molecule has 2 rings (SSSR count). The van der Waals surface area contributed by atoms with Crippen molar-refractivity contribution in [3.05, 3.63) is 29.3 Å². The maximum absolute atomic E-state index is 8.96. The van der Waals surface area contributed by atoms with E-state index < -0.39 is 0 Å². The minimum atomic E-state index is 0.309. The van der Waals surface area contributed by atoms with Gasteiger partial charge in [-0.05, 0) is 57.2 Å². The van der Waals surface area contributed by atoms with Gasteiger partial charge in [0.05, 0.1) is 0 Å². The Morgan fingerprint density at radius 2 is 2.05 bits per heavy atom. The van der Waals surface area contributed by atoms with Crippen LogP contribution in [0.15, 0.2) is 18.2 Å². The highest BCUT2D eigenvalue weighted by molar-refractivity contribution is 5.39. The zero-order valence-corrected chi connectivity index (χ0v) is 12.8. The molecule has 1 fully saturated rings. The van der Waals surface area contributed by atoms with E-state index in [1.54, 1.807) is 0 Å². The number of nitrogens with zero attached hydrogens (tertiary/aromatic N) is 1. The Balaban J connectivity index is 1.80. The van der Waals surface area contributed by atoms with Crippen molar-refractivity contribution in [2.24, 2.45) is 0 Å². The third kappa shape index (κ3) is 3.97. The van der Waals surface area contributed by atoms with Gasteiger partial charge in [0.25, 0.3) is 0 Å². The van der Waals surface area contributed by atoms with Crippen LogP contribution in [0, 0.1) is 13.8 Å². The Hall–Kier alpha value is -1.06. The number of hydrogen-bond acceptors (Lipinski definition) is 3. The normalized spacial score (nSPS) is 19.4. The molecule has 3 heteroatoms. The Morgan fingerprint density at radius 1 is 1.30 bits per heavy atom. The van der Waals surface area contributed by atoms with Gasteiger partial charge in [-0.1, -0.05) is 18.2 Å². The highest BCUT2D eigenvalue weighted by Crippen LogP contribution is 2.24. The van der Waals surface area contributed by atoms with Gasteiger partial charge in [0.15, 0.2) is 0 Å². The molecule has 0 aromatic heterocycles. The highest BCUT2D eigenvalue weighted by Gasteiger charge is 2.23. The van der Waals surface area contributed by atoms with E-state index in [1.165, 1.54) is 30.5 Å². The molecule has 0 saturated carbocycles. The van der Waals surface area contributed by atoms with Crippen LogP contribution in [0.2, 0.25) is 0 Å². The summed E-state index contributed by atoms with van der Waals surface area (Å²) in [6.07, 6.45) is 4.57. The fourth-order valence-electron chi connectivity index (χ4n) is 3.14. The molecular weight excluding hydrogens is 250 g/mol. The molecule has 1 saturated heterocycles. The molecule has 3 nitrogen and oxygen atoms in total. The van der Waals surface area contributed by atoms with Crippen LogP contribution in [0.5, 0.6) is 5.75 Å². The van der Waals surface area contributed by atoms with Crippen molar-refractivity contribution >= 4 is 0 Å². The number of rotatable bonds is 7. The number of hydrogen-bond donors (Lipinski definition) is 1. The first-order valence-corrected chi connectivity index (χ1v) is 7.76. The molecule has 1 heterocycles. The van der Waals surface area contributed by atoms with Gasteiger partial charge in [-0.3, -0.25) is 4.90 Å². The first-order chi connectivity index (χ1) is 9.72. The molecule has 1 unspecified atom stereocenters. The molecule has 1 N–H and O–H groups in total. The van der Waals surface area contributed by atoms with E-state index >= 15 is 0 Å². The minimum Gasteiger partial charge on any atom is -0.492 e. The van der Waals surface area contributed by atoms with Gasteiger partial charge in [0.2, 0.25) is 0 Å². The summed E-state index contributed by atoms with van der Waals surface area (Å²) in [4.78, 5) is 2.52. The lowest BCUT2D eigenvalue weighted by atomic mass is 10.1. The number of likely N-dealkylation sites (tertiary alicyclic amines) is 1. The lowest BCUT2D eigenvalue weighted by Gasteiger charge is -2.24. The molecule has 1 aromatic carbocycles. The standard InChI is InChI=1S/C17H27NO2/c1-14-6-3-7-15(2)17(14)20-13-11-18-10-4-8-16(18)9-5-12-19/h3,6-7,16,19H,4-5,8-13H2,1-2H3. The van der Waals surface area contributed by atoms with Crippen LogP contribution in [0.4, 0.5) is 0 Å². The van der Waals surface area contributed by atoms with E-state index in [0.717, 1.165) is 31.7 Å². The Labute approximate surface area is 122 Å². The molecule has 1 aliphatic heterocycles. The molecule has 0 amide bonds. The van der Waals surface area contributed by atoms with E-state index in [4.69, 9.17) is 9.84 Å². The second-order valence-corrected chi connectivity index (χ2v) is 5.77. The number of aliphatic hydroxyl groups is 1. The van der Waals surface area contributed by atoms with E-state index in [9.17, 15) is 0 Å². The molecule has 0 radical (unpaired) electrons. The van der Waals surface area contributed by atoms with Crippen molar-refractivity contribution in [3.63, 3.8) is 0 Å². The Morgan fingerprint density at radius 3 is 2.75 bits per heavy atom. The number of ether oxygens (including phenoxy) is 1. The molecule has 1 aromatic rings. The van der Waals surface area contributed by atoms with Crippen LogP contribution < -0.4 is 4.74 Å². The molecule has 112 valence electrons. The maximum atomic E-state index is 8.96. The van der Waals surface area contributed by atoms with Crippen LogP contribution in [0.3, 0.4) is 0 Å². The van der Waals surface area contributed by atoms with E-state index in [-0.39, 0.29) is 0 Å². The van der Waals surface area contributed by atoms with Crippen molar-refractivity contribution in [2.45, 2.75) is 45.6 Å². The third-order valence-electron chi connectivity index (χ3n) is 4.23. The van der Waals surface area contributed by atoms with Gasteiger partial charge in [-0.25, -0.2) is 0 Å². The molecular formula is C17H27NO2. The fraction of sp³-hybridized carbons (Fsp3) is 0.647. The van der Waals surface area contributed by atoms with Crippen LogP contribution in [-0.2, 0) is 0 Å². The van der Waals surface area contributed by atoms with Crippen LogP contribution in [0.1, 0.15) is 36.8 Å². The molecule has 1 aliphatic rings. The zero-order valence-electron chi connectivity index (χ0n) is 12.8. The molecule has 0 spiro atoms. The monoisotopic (exact) mass is 277 g/mol. The van der Waals surface area contributed by atoms with Gasteiger partial charge in [0.1, 0.15) is 12.4 Å². The van der Waals surface area contributed by atoms with Crippen LogP contribution in [-0.4, -0.2) is 42.4 Å². The first-order valence-electron chi connectivity index (χ1n) is 7.76. The predicted octanol–water partition coefficient (Wildman–Crippen LogP) is 2.92. The summed E-state index contributed by atoms with van der Waals surface area (Å²) in [5.41, 5.74) is 2.42. The molecule has 0 bridgehead atoms. The molecule has 0 aliphatic carbocycles. The minimum absolute atomic E-state index is 0.309. The Kier molecular flexibility index (Phi) is 5.86. The molecule has 20 heavy (non-hydrogen) atoms. The summed E-state index contributed by atoms with van der Waals surface area (Å²) in [5, 5.41) is 8.96. The summed E-state index contributed by atoms with van der Waals surface area (Å²) in [6, 6.07) is 6.91. The quantitative estimate of drug-likeness (QED) is 0.832. The largest absolute Gasteiger partial charge is 0.492 e. The van der Waals surface area contributed by atoms with Crippen molar-refractivity contribution in [2.75, 3.05) is 26.3 Å². The highest BCUT2D eigenvalue weighted by atomic mass is 16.5. The van der Waals surface area contributed by atoms with E-state index in [2.05, 4.69) is 36.9 Å². The third-order valence-corrected chi connectivity index (χ3v) is 4.23. The second-order valence-electron chi connectivity index (χ2n) is 5.77. The summed E-state index contributed by atoms with van der Waals surface area (Å²) >= 11 is 0. The summed E-state index contributed by atoms with van der Waals surface area (Å²) in [7, 11) is 0. The van der Waals surface area contributed by atoms with Crippen LogP contribution >= 0.6 is 0 Å². The van der Waals surface area contributed by atoms with Crippen molar-refractivity contribution in [1.82, 2.24) is 4.90 Å². The van der Waals surface area contributed by atoms with Gasteiger partial charge in [-0.15, -0.1) is 0 Å². The summed E-state index contributed by atoms with van der Waals surface area (Å²) < 4.78 is 5.99. The van der Waals surface area contributed by atoms with Crippen molar-refractivity contribution < 1.29 is 9.84 Å². The lowest BCUT2D eigenvalue weighted by Crippen LogP contribution is -2.33. The number of para-hydroxylation sites is 1. The summed E-state index contributed by atoms with van der Waals surface area (Å²) in [5.74, 6) is 1.04. The van der Waals surface area contributed by atoms with Gasteiger partial charge < -0.3 is 9.84 Å². The first kappa shape index (κ1) is 15.3. The van der Waals surface area contributed by atoms with E-state index in [0.29, 0.717) is 12.6 Å². The fourth-order valence-corrected chi connectivity index (χ4v) is 3.14. The summed E-state index contributed by atoms with van der Waals surface area (Å²) in [6.45, 7) is 7.42. The lowest BCUT2D eigenvalue weighted by molar-refractivity contribution is 0.179.